The lowest BCUT2D eigenvalue weighted by atomic mass is 10.1. The predicted molar refractivity (Wildman–Crippen MR) is 92.2 cm³/mol. The fraction of sp³-hybridized carbons (Fsp3) is 0.250. The Kier molecular flexibility index (Phi) is 6.69. The fourth-order valence-corrected chi connectivity index (χ4v) is 2.75. The average Bonchev–Trinajstić information content (AvgIpc) is 2.53. The molecule has 0 bridgehead atoms. The minimum Gasteiger partial charge on any atom is -0.755 e. The Morgan fingerprint density at radius 2 is 1.72 bits per heavy atom. The minimum atomic E-state index is -4.39. The molecule has 0 radical (unpaired) electrons. The highest BCUT2D eigenvalue weighted by Gasteiger charge is 2.30. The first kappa shape index (κ1) is 19.6. The van der Waals surface area contributed by atoms with E-state index in [1.165, 1.54) is 6.07 Å². The topological polar surface area (TPSA) is 64.2 Å². The maximum Gasteiger partial charge on any atom is 0.416 e. The van der Waals surface area contributed by atoms with Crippen LogP contribution in [0.25, 0.3) is 0 Å². The predicted octanol–water partition coefficient (Wildman–Crippen LogP) is 4.61. The van der Waals surface area contributed by atoms with Crippen molar-refractivity contribution in [3.8, 4) is 0 Å². The molecule has 2 N–H and O–H groups in total. The largest absolute Gasteiger partial charge is 0.755 e. The molecule has 2 aromatic rings. The molecule has 0 aliphatic heterocycles. The van der Waals surface area contributed by atoms with Crippen molar-refractivity contribution in [2.24, 2.45) is 0 Å². The number of alkyl halides is 3. The van der Waals surface area contributed by atoms with E-state index in [1.54, 1.807) is 24.3 Å². The molecule has 2 aromatic carbocycles. The summed E-state index contributed by atoms with van der Waals surface area (Å²) in [6.07, 6.45) is -3.39. The highest BCUT2D eigenvalue weighted by Crippen LogP contribution is 2.32. The van der Waals surface area contributed by atoms with Crippen molar-refractivity contribution in [3.63, 3.8) is 0 Å². The first-order valence-corrected chi connectivity index (χ1v) is 8.76. The van der Waals surface area contributed by atoms with Crippen LogP contribution in [0.4, 0.5) is 24.5 Å². The van der Waals surface area contributed by atoms with Gasteiger partial charge in [-0.3, -0.25) is 4.21 Å². The van der Waals surface area contributed by atoms with Gasteiger partial charge in [0.1, 0.15) is 0 Å². The van der Waals surface area contributed by atoms with Crippen molar-refractivity contribution >= 4 is 34.2 Å². The Labute approximate surface area is 150 Å². The molecule has 0 spiro atoms. The SMILES string of the molecule is O=S([O-])Nc1ccc(NCCCc2cc(C(F)(F)F)ccc2Cl)cc1. The number of aryl methyl sites for hydroxylation is 1. The van der Waals surface area contributed by atoms with E-state index in [4.69, 9.17) is 11.6 Å². The van der Waals surface area contributed by atoms with Crippen molar-refractivity contribution in [2.75, 3.05) is 16.6 Å². The molecule has 25 heavy (non-hydrogen) atoms. The van der Waals surface area contributed by atoms with E-state index >= 15 is 0 Å². The van der Waals surface area contributed by atoms with Gasteiger partial charge in [0, 0.05) is 34.2 Å². The standard InChI is InChI=1S/C16H16ClF3N2O2S/c17-15-8-3-12(16(18,19)20)10-11(15)2-1-9-21-13-4-6-14(7-5-13)22-25(23)24/h3-8,10,21-22H,1-2,9H2,(H,23,24)/p-1. The van der Waals surface area contributed by atoms with Gasteiger partial charge in [-0.25, -0.2) is 0 Å². The Morgan fingerprint density at radius 3 is 2.32 bits per heavy atom. The molecule has 2 rings (SSSR count). The van der Waals surface area contributed by atoms with Crippen molar-refractivity contribution < 1.29 is 21.9 Å². The van der Waals surface area contributed by atoms with Crippen LogP contribution in [0.15, 0.2) is 42.5 Å². The zero-order valence-electron chi connectivity index (χ0n) is 12.9. The summed E-state index contributed by atoms with van der Waals surface area (Å²) in [5.41, 5.74) is 0.960. The maximum atomic E-state index is 12.7. The van der Waals surface area contributed by atoms with Crippen molar-refractivity contribution in [3.05, 3.63) is 58.6 Å². The molecule has 136 valence electrons. The molecule has 0 aromatic heterocycles. The van der Waals surface area contributed by atoms with Crippen LogP contribution in [0.2, 0.25) is 5.02 Å². The molecule has 0 heterocycles. The van der Waals surface area contributed by atoms with E-state index in [0.717, 1.165) is 17.8 Å². The Balaban J connectivity index is 1.86. The molecule has 1 atom stereocenters. The number of rotatable bonds is 7. The van der Waals surface area contributed by atoms with E-state index in [0.29, 0.717) is 35.7 Å². The molecule has 0 aliphatic rings. The van der Waals surface area contributed by atoms with Gasteiger partial charge in [-0.2, -0.15) is 13.2 Å². The van der Waals surface area contributed by atoms with Gasteiger partial charge in [0.2, 0.25) is 0 Å². The second kappa shape index (κ2) is 8.55. The molecule has 4 nitrogen and oxygen atoms in total. The maximum absolute atomic E-state index is 12.7. The lowest BCUT2D eigenvalue weighted by Crippen LogP contribution is -2.07. The summed E-state index contributed by atoms with van der Waals surface area (Å²) in [7, 11) is 0. The third-order valence-corrected chi connectivity index (χ3v) is 4.18. The van der Waals surface area contributed by atoms with E-state index in [-0.39, 0.29) is 0 Å². The molecule has 0 fully saturated rings. The third kappa shape index (κ3) is 6.22. The highest BCUT2D eigenvalue weighted by atomic mass is 35.5. The molecule has 9 heteroatoms. The van der Waals surface area contributed by atoms with Gasteiger partial charge in [0.25, 0.3) is 0 Å². The first-order chi connectivity index (χ1) is 11.8. The van der Waals surface area contributed by atoms with Crippen LogP contribution in [0.1, 0.15) is 17.5 Å². The molecule has 1 unspecified atom stereocenters. The van der Waals surface area contributed by atoms with E-state index in [1.807, 2.05) is 0 Å². The summed E-state index contributed by atoms with van der Waals surface area (Å²) in [4.78, 5) is 0. The number of anilines is 2. The normalized spacial score (nSPS) is 12.7. The number of benzene rings is 2. The summed E-state index contributed by atoms with van der Waals surface area (Å²) in [6.45, 7) is 0.535. The smallest absolute Gasteiger partial charge is 0.416 e. The van der Waals surface area contributed by atoms with Crippen molar-refractivity contribution in [1.82, 2.24) is 0 Å². The number of nitrogens with one attached hydrogen (secondary N) is 2. The van der Waals surface area contributed by atoms with Gasteiger partial charge in [-0.15, -0.1) is 0 Å². The monoisotopic (exact) mass is 391 g/mol. The highest BCUT2D eigenvalue weighted by molar-refractivity contribution is 7.80. The Morgan fingerprint density at radius 1 is 1.08 bits per heavy atom. The van der Waals surface area contributed by atoms with Crippen LogP contribution in [-0.4, -0.2) is 15.3 Å². The number of hydrogen-bond acceptors (Lipinski definition) is 3. The average molecular weight is 392 g/mol. The van der Waals surface area contributed by atoms with Crippen molar-refractivity contribution in [1.29, 1.82) is 0 Å². The Bertz CT molecular complexity index is 739. The van der Waals surface area contributed by atoms with Gasteiger partial charge < -0.3 is 14.6 Å². The summed E-state index contributed by atoms with van der Waals surface area (Å²) in [5.74, 6) is 0. The van der Waals surface area contributed by atoms with Crippen LogP contribution in [-0.2, 0) is 23.9 Å². The fourth-order valence-electron chi connectivity index (χ4n) is 2.21. The van der Waals surface area contributed by atoms with Crippen molar-refractivity contribution in [2.45, 2.75) is 19.0 Å². The molecule has 0 aliphatic carbocycles. The van der Waals surface area contributed by atoms with Gasteiger partial charge in [0.05, 0.1) is 5.56 Å². The quantitative estimate of drug-likeness (QED) is 0.535. The minimum absolute atomic E-state index is 0.314. The van der Waals surface area contributed by atoms with E-state index < -0.39 is 23.0 Å². The van der Waals surface area contributed by atoms with Crippen LogP contribution in [0.5, 0.6) is 0 Å². The van der Waals surface area contributed by atoms with E-state index in [2.05, 4.69) is 10.0 Å². The summed E-state index contributed by atoms with van der Waals surface area (Å²) in [6, 6.07) is 9.90. The summed E-state index contributed by atoms with van der Waals surface area (Å²) >= 11 is 3.58. The van der Waals surface area contributed by atoms with Crippen LogP contribution in [0, 0.1) is 0 Å². The number of hydrogen-bond donors (Lipinski definition) is 2. The van der Waals surface area contributed by atoms with Crippen LogP contribution >= 0.6 is 11.6 Å². The molecular formula is C16H15ClF3N2O2S-. The zero-order chi connectivity index (χ0) is 18.4. The second-order valence-electron chi connectivity index (χ2n) is 5.25. The second-order valence-corrected chi connectivity index (χ2v) is 6.33. The Hall–Kier alpha value is -1.77. The molecule has 0 amide bonds. The lowest BCUT2D eigenvalue weighted by Gasteiger charge is -2.12. The van der Waals surface area contributed by atoms with Gasteiger partial charge in [-0.05, 0) is 60.9 Å². The lowest BCUT2D eigenvalue weighted by molar-refractivity contribution is -0.137. The molecular weight excluding hydrogens is 377 g/mol. The van der Waals surface area contributed by atoms with Crippen LogP contribution < -0.4 is 10.0 Å². The van der Waals surface area contributed by atoms with Gasteiger partial charge in [0.15, 0.2) is 0 Å². The van der Waals surface area contributed by atoms with Gasteiger partial charge in [-0.1, -0.05) is 11.6 Å². The van der Waals surface area contributed by atoms with Gasteiger partial charge >= 0.3 is 6.18 Å². The molecule has 0 saturated carbocycles. The van der Waals surface area contributed by atoms with E-state index in [9.17, 15) is 21.9 Å². The summed E-state index contributed by atoms with van der Waals surface area (Å²) < 4.78 is 61.4. The zero-order valence-corrected chi connectivity index (χ0v) is 14.5. The number of halogens is 4. The first-order valence-electron chi connectivity index (χ1n) is 7.31. The third-order valence-electron chi connectivity index (χ3n) is 3.41. The summed E-state index contributed by atoms with van der Waals surface area (Å²) in [5, 5.41) is 3.43. The molecule has 0 saturated heterocycles. The van der Waals surface area contributed by atoms with Crippen LogP contribution in [0.3, 0.4) is 0 Å².